The number of quaternary nitrogens is 1. The zero-order chi connectivity index (χ0) is 10.9. The number of hydrogen-bond acceptors (Lipinski definition) is 1. The van der Waals surface area contributed by atoms with Crippen molar-refractivity contribution < 1.29 is 4.65 Å². The quantitative estimate of drug-likeness (QED) is 0.241. The molecule has 0 bridgehead atoms. The second-order valence-electron chi connectivity index (χ2n) is 3.91. The van der Waals surface area contributed by atoms with Crippen molar-refractivity contribution in [3.05, 3.63) is 17.9 Å². The SMILES string of the molecule is C=CCCCCCC[N+]([O-])(CC)CC. The number of rotatable bonds is 9. The van der Waals surface area contributed by atoms with Crippen molar-refractivity contribution >= 4 is 0 Å². The molecule has 0 saturated carbocycles. The average molecular weight is 199 g/mol. The molecule has 0 aromatic rings. The lowest BCUT2D eigenvalue weighted by Gasteiger charge is -2.41. The Bertz CT molecular complexity index is 141. The summed E-state index contributed by atoms with van der Waals surface area (Å²) in [6.07, 6.45) is 7.80. The van der Waals surface area contributed by atoms with E-state index >= 15 is 0 Å². The van der Waals surface area contributed by atoms with E-state index in [1.165, 1.54) is 19.3 Å². The molecule has 2 nitrogen and oxygen atoms in total. The zero-order valence-corrected chi connectivity index (χ0v) is 9.80. The van der Waals surface area contributed by atoms with E-state index in [1.54, 1.807) is 0 Å². The second kappa shape index (κ2) is 8.01. The van der Waals surface area contributed by atoms with Crippen LogP contribution in [0, 0.1) is 5.21 Å². The molecule has 14 heavy (non-hydrogen) atoms. The summed E-state index contributed by atoms with van der Waals surface area (Å²) in [5, 5.41) is 11.8. The lowest BCUT2D eigenvalue weighted by Crippen LogP contribution is -2.42. The van der Waals surface area contributed by atoms with Crippen LogP contribution in [0.1, 0.15) is 46.0 Å². The summed E-state index contributed by atoms with van der Waals surface area (Å²) < 4.78 is -0.0124. The number of allylic oxidation sites excluding steroid dienone is 1. The first-order chi connectivity index (χ1) is 6.68. The molecular weight excluding hydrogens is 174 g/mol. The molecular formula is C12H25NO. The summed E-state index contributed by atoms with van der Waals surface area (Å²) in [4.78, 5) is 0. The van der Waals surface area contributed by atoms with Crippen LogP contribution in [0.3, 0.4) is 0 Å². The van der Waals surface area contributed by atoms with E-state index in [0.29, 0.717) is 13.1 Å². The van der Waals surface area contributed by atoms with Crippen molar-refractivity contribution in [1.29, 1.82) is 0 Å². The first-order valence-corrected chi connectivity index (χ1v) is 5.86. The zero-order valence-electron chi connectivity index (χ0n) is 9.80. The topological polar surface area (TPSA) is 23.1 Å². The number of hydrogen-bond donors (Lipinski definition) is 0. The van der Waals surface area contributed by atoms with Gasteiger partial charge in [0.05, 0.1) is 19.6 Å². The standard InChI is InChI=1S/C12H25NO/c1-4-7-8-9-10-11-12-13(14,5-2)6-3/h4H,1,5-12H2,2-3H3. The molecule has 0 aliphatic rings. The van der Waals surface area contributed by atoms with Gasteiger partial charge in [0.2, 0.25) is 0 Å². The van der Waals surface area contributed by atoms with Gasteiger partial charge in [0.15, 0.2) is 0 Å². The summed E-state index contributed by atoms with van der Waals surface area (Å²) in [7, 11) is 0. The third-order valence-electron chi connectivity index (χ3n) is 2.88. The molecule has 0 atom stereocenters. The Labute approximate surface area is 88.8 Å². The molecule has 0 aromatic carbocycles. The highest BCUT2D eigenvalue weighted by Crippen LogP contribution is 2.09. The van der Waals surface area contributed by atoms with Crippen LogP contribution in [0.4, 0.5) is 0 Å². The van der Waals surface area contributed by atoms with Crippen LogP contribution in [-0.4, -0.2) is 24.3 Å². The Balaban J connectivity index is 3.38. The van der Waals surface area contributed by atoms with E-state index in [1.807, 2.05) is 19.9 Å². The Kier molecular flexibility index (Phi) is 7.81. The monoisotopic (exact) mass is 199 g/mol. The Morgan fingerprint density at radius 3 is 2.14 bits per heavy atom. The molecule has 0 unspecified atom stereocenters. The molecule has 0 aliphatic carbocycles. The van der Waals surface area contributed by atoms with E-state index in [0.717, 1.165) is 19.4 Å². The molecule has 0 aromatic heterocycles. The van der Waals surface area contributed by atoms with Crippen molar-refractivity contribution in [3.8, 4) is 0 Å². The third-order valence-corrected chi connectivity index (χ3v) is 2.88. The number of hydroxylamine groups is 3. The smallest absolute Gasteiger partial charge is 0.0783 e. The molecule has 0 fully saturated rings. The van der Waals surface area contributed by atoms with Crippen LogP contribution in [0.25, 0.3) is 0 Å². The Hall–Kier alpha value is -0.340. The maximum Gasteiger partial charge on any atom is 0.0783 e. The molecule has 2 heteroatoms. The minimum atomic E-state index is -0.0124. The molecule has 0 aliphatic heterocycles. The van der Waals surface area contributed by atoms with Crippen LogP contribution in [0.5, 0.6) is 0 Å². The van der Waals surface area contributed by atoms with Crippen LogP contribution in [0.15, 0.2) is 12.7 Å². The third kappa shape index (κ3) is 6.17. The molecule has 0 rings (SSSR count). The van der Waals surface area contributed by atoms with Crippen LogP contribution in [-0.2, 0) is 0 Å². The van der Waals surface area contributed by atoms with Crippen molar-refractivity contribution in [3.63, 3.8) is 0 Å². The van der Waals surface area contributed by atoms with E-state index in [2.05, 4.69) is 6.58 Å². The van der Waals surface area contributed by atoms with Crippen molar-refractivity contribution in [2.75, 3.05) is 19.6 Å². The molecule has 0 saturated heterocycles. The maximum atomic E-state index is 11.8. The van der Waals surface area contributed by atoms with Gasteiger partial charge in [0, 0.05) is 0 Å². The van der Waals surface area contributed by atoms with Crippen molar-refractivity contribution in [2.24, 2.45) is 0 Å². The minimum absolute atomic E-state index is 0.0124. The summed E-state index contributed by atoms with van der Waals surface area (Å²) in [5.74, 6) is 0. The lowest BCUT2D eigenvalue weighted by molar-refractivity contribution is -0.877. The molecule has 0 heterocycles. The maximum absolute atomic E-state index is 11.8. The fourth-order valence-corrected chi connectivity index (χ4v) is 1.58. The van der Waals surface area contributed by atoms with Gasteiger partial charge in [0.1, 0.15) is 0 Å². The van der Waals surface area contributed by atoms with Crippen LogP contribution >= 0.6 is 0 Å². The summed E-state index contributed by atoms with van der Waals surface area (Å²) in [5.41, 5.74) is 0. The van der Waals surface area contributed by atoms with Gasteiger partial charge in [-0.1, -0.05) is 12.5 Å². The van der Waals surface area contributed by atoms with Crippen molar-refractivity contribution in [1.82, 2.24) is 0 Å². The summed E-state index contributed by atoms with van der Waals surface area (Å²) in [6, 6.07) is 0. The van der Waals surface area contributed by atoms with Gasteiger partial charge in [-0.25, -0.2) is 0 Å². The van der Waals surface area contributed by atoms with Gasteiger partial charge >= 0.3 is 0 Å². The lowest BCUT2D eigenvalue weighted by atomic mass is 10.1. The Morgan fingerprint density at radius 1 is 1.07 bits per heavy atom. The van der Waals surface area contributed by atoms with Gasteiger partial charge in [-0.2, -0.15) is 0 Å². The average Bonchev–Trinajstić information content (AvgIpc) is 2.23. The van der Waals surface area contributed by atoms with Gasteiger partial charge in [0.25, 0.3) is 0 Å². The second-order valence-corrected chi connectivity index (χ2v) is 3.91. The highest BCUT2D eigenvalue weighted by Gasteiger charge is 2.09. The van der Waals surface area contributed by atoms with Gasteiger partial charge < -0.3 is 9.85 Å². The summed E-state index contributed by atoms with van der Waals surface area (Å²) in [6.45, 7) is 9.87. The number of unbranched alkanes of at least 4 members (excludes halogenated alkanes) is 4. The predicted molar refractivity (Wildman–Crippen MR) is 62.9 cm³/mol. The molecule has 84 valence electrons. The highest BCUT2D eigenvalue weighted by molar-refractivity contribution is 4.65. The Morgan fingerprint density at radius 2 is 1.64 bits per heavy atom. The molecule has 0 amide bonds. The van der Waals surface area contributed by atoms with Crippen LogP contribution < -0.4 is 0 Å². The van der Waals surface area contributed by atoms with Gasteiger partial charge in [-0.15, -0.1) is 6.58 Å². The van der Waals surface area contributed by atoms with E-state index < -0.39 is 0 Å². The van der Waals surface area contributed by atoms with Gasteiger partial charge in [-0.05, 0) is 39.5 Å². The van der Waals surface area contributed by atoms with E-state index in [9.17, 15) is 5.21 Å². The van der Waals surface area contributed by atoms with Crippen LogP contribution in [0.2, 0.25) is 0 Å². The van der Waals surface area contributed by atoms with Gasteiger partial charge in [-0.3, -0.25) is 0 Å². The fraction of sp³-hybridized carbons (Fsp3) is 0.833. The first kappa shape index (κ1) is 13.7. The van der Waals surface area contributed by atoms with E-state index in [-0.39, 0.29) is 4.65 Å². The predicted octanol–water partition coefficient (Wildman–Crippen LogP) is 3.48. The molecule has 0 N–H and O–H groups in total. The molecule has 0 spiro atoms. The highest BCUT2D eigenvalue weighted by atomic mass is 16.5. The molecule has 0 radical (unpaired) electrons. The largest absolute Gasteiger partial charge is 0.633 e. The normalized spacial score (nSPS) is 11.6. The first-order valence-electron chi connectivity index (χ1n) is 5.86. The fourth-order valence-electron chi connectivity index (χ4n) is 1.58. The van der Waals surface area contributed by atoms with Crippen molar-refractivity contribution in [2.45, 2.75) is 46.0 Å². The number of nitrogens with zero attached hydrogens (tertiary/aromatic N) is 1. The minimum Gasteiger partial charge on any atom is -0.633 e. The van der Waals surface area contributed by atoms with E-state index in [4.69, 9.17) is 0 Å². The summed E-state index contributed by atoms with van der Waals surface area (Å²) >= 11 is 0.